The Labute approximate surface area is 70.6 Å². The molecule has 0 spiro atoms. The topological polar surface area (TPSA) is 12.0 Å². The summed E-state index contributed by atoms with van der Waals surface area (Å²) in [5.41, 5.74) is 0. The first-order valence-corrected chi connectivity index (χ1v) is 4.33. The smallest absolute Gasteiger partial charge is 0.0245 e. The van der Waals surface area contributed by atoms with E-state index < -0.39 is 0 Å². The van der Waals surface area contributed by atoms with Gasteiger partial charge in [-0.2, -0.15) is 0 Å². The van der Waals surface area contributed by atoms with Crippen molar-refractivity contribution < 1.29 is 0 Å². The molecule has 0 bridgehead atoms. The van der Waals surface area contributed by atoms with Crippen LogP contribution in [0.5, 0.6) is 0 Å². The summed E-state index contributed by atoms with van der Waals surface area (Å²) in [6.07, 6.45) is 2.19. The predicted molar refractivity (Wildman–Crippen MR) is 50.4 cm³/mol. The average molecular weight is 153 g/mol. The van der Waals surface area contributed by atoms with Crippen LogP contribution in [0.3, 0.4) is 0 Å². The zero-order chi connectivity index (χ0) is 8.69. The molecule has 0 heterocycles. The fourth-order valence-corrected chi connectivity index (χ4v) is 1.08. The Morgan fingerprint density at radius 2 is 2.09 bits per heavy atom. The maximum absolute atomic E-state index is 3.29. The van der Waals surface area contributed by atoms with Crippen LogP contribution < -0.4 is 5.32 Å². The van der Waals surface area contributed by atoms with E-state index in [1.165, 1.54) is 6.42 Å². The molecule has 1 N–H and O–H groups in total. The fraction of sp³-hybridized carbons (Fsp3) is 0.800. The van der Waals surface area contributed by atoms with E-state index in [2.05, 4.69) is 31.0 Å². The summed E-state index contributed by atoms with van der Waals surface area (Å²) in [7, 11) is 2.01. The Balaban J connectivity index is 3.80. The molecule has 2 unspecified atom stereocenters. The van der Waals surface area contributed by atoms with Crippen molar-refractivity contribution in [1.82, 2.24) is 5.32 Å². The van der Waals surface area contributed by atoms with Crippen molar-refractivity contribution in [3.63, 3.8) is 0 Å². The monoisotopic (exact) mass is 153 g/mol. The molecular formula is C10H19N. The molecule has 64 valence electrons. The Morgan fingerprint density at radius 3 is 2.45 bits per heavy atom. The van der Waals surface area contributed by atoms with Gasteiger partial charge in [0, 0.05) is 12.5 Å². The number of rotatable bonds is 4. The highest BCUT2D eigenvalue weighted by molar-refractivity contribution is 4.98. The van der Waals surface area contributed by atoms with E-state index in [9.17, 15) is 0 Å². The van der Waals surface area contributed by atoms with Gasteiger partial charge in [0.2, 0.25) is 0 Å². The van der Waals surface area contributed by atoms with Crippen LogP contribution in [0.4, 0.5) is 0 Å². The van der Waals surface area contributed by atoms with Gasteiger partial charge in [-0.3, -0.25) is 0 Å². The summed E-state index contributed by atoms with van der Waals surface area (Å²) in [6, 6.07) is 0.562. The summed E-state index contributed by atoms with van der Waals surface area (Å²) in [5, 5.41) is 3.29. The van der Waals surface area contributed by atoms with Gasteiger partial charge in [-0.05, 0) is 19.9 Å². The predicted octanol–water partition coefficient (Wildman–Crippen LogP) is 2.03. The lowest BCUT2D eigenvalue weighted by atomic mass is 9.97. The molecule has 1 heteroatoms. The van der Waals surface area contributed by atoms with E-state index >= 15 is 0 Å². The lowest BCUT2D eigenvalue weighted by Crippen LogP contribution is -2.31. The van der Waals surface area contributed by atoms with Crippen molar-refractivity contribution in [3.05, 3.63) is 0 Å². The van der Waals surface area contributed by atoms with Gasteiger partial charge in [-0.1, -0.05) is 20.3 Å². The first kappa shape index (κ1) is 10.5. The van der Waals surface area contributed by atoms with Crippen LogP contribution in [-0.4, -0.2) is 13.1 Å². The summed E-state index contributed by atoms with van der Waals surface area (Å²) in [4.78, 5) is 0. The molecule has 0 fully saturated rings. The van der Waals surface area contributed by atoms with Gasteiger partial charge in [0.05, 0.1) is 0 Å². The third-order valence-electron chi connectivity index (χ3n) is 2.20. The standard InChI is InChI=1S/C10H19N/c1-5-7-8-10(11-4)9(3)6-2/h9-11H,6,8H2,1-4H3. The maximum atomic E-state index is 3.29. The van der Waals surface area contributed by atoms with E-state index in [0.29, 0.717) is 6.04 Å². The van der Waals surface area contributed by atoms with E-state index in [-0.39, 0.29) is 0 Å². The first-order chi connectivity index (χ1) is 5.26. The van der Waals surface area contributed by atoms with Crippen LogP contribution in [0.25, 0.3) is 0 Å². The largest absolute Gasteiger partial charge is 0.316 e. The first-order valence-electron chi connectivity index (χ1n) is 4.33. The summed E-state index contributed by atoms with van der Waals surface area (Å²) >= 11 is 0. The highest BCUT2D eigenvalue weighted by Gasteiger charge is 2.10. The van der Waals surface area contributed by atoms with Crippen molar-refractivity contribution in [1.29, 1.82) is 0 Å². The summed E-state index contributed by atoms with van der Waals surface area (Å²) < 4.78 is 0. The molecule has 2 atom stereocenters. The van der Waals surface area contributed by atoms with Crippen molar-refractivity contribution in [2.75, 3.05) is 7.05 Å². The van der Waals surface area contributed by atoms with E-state index in [4.69, 9.17) is 0 Å². The third-order valence-corrected chi connectivity index (χ3v) is 2.20. The molecule has 0 aliphatic heterocycles. The van der Waals surface area contributed by atoms with Crippen LogP contribution in [-0.2, 0) is 0 Å². The second kappa shape index (κ2) is 6.24. The van der Waals surface area contributed by atoms with Gasteiger partial charge >= 0.3 is 0 Å². The van der Waals surface area contributed by atoms with Gasteiger partial charge in [0.25, 0.3) is 0 Å². The SMILES string of the molecule is CC#CCC(NC)C(C)CC. The third kappa shape index (κ3) is 4.06. The molecule has 0 aromatic heterocycles. The second-order valence-electron chi connectivity index (χ2n) is 2.91. The quantitative estimate of drug-likeness (QED) is 0.609. The van der Waals surface area contributed by atoms with Crippen molar-refractivity contribution in [2.24, 2.45) is 5.92 Å². The van der Waals surface area contributed by atoms with Gasteiger partial charge in [-0.25, -0.2) is 0 Å². The van der Waals surface area contributed by atoms with Crippen LogP contribution >= 0.6 is 0 Å². The maximum Gasteiger partial charge on any atom is 0.0245 e. The normalized spacial score (nSPS) is 14.9. The van der Waals surface area contributed by atoms with Gasteiger partial charge < -0.3 is 5.32 Å². The molecule has 0 aromatic carbocycles. The molecule has 0 aliphatic carbocycles. The molecule has 0 radical (unpaired) electrons. The minimum atomic E-state index is 0.562. The minimum Gasteiger partial charge on any atom is -0.316 e. The highest BCUT2D eigenvalue weighted by atomic mass is 14.9. The van der Waals surface area contributed by atoms with Gasteiger partial charge in [-0.15, -0.1) is 11.8 Å². The average Bonchev–Trinajstić information content (AvgIpc) is 2.05. The molecule has 0 aliphatic rings. The van der Waals surface area contributed by atoms with Gasteiger partial charge in [0.15, 0.2) is 0 Å². The molecule has 0 rings (SSSR count). The molecular weight excluding hydrogens is 134 g/mol. The lowest BCUT2D eigenvalue weighted by Gasteiger charge is -2.19. The van der Waals surface area contributed by atoms with Crippen LogP contribution in [0.15, 0.2) is 0 Å². The minimum absolute atomic E-state index is 0.562. The molecule has 0 saturated heterocycles. The number of nitrogens with one attached hydrogen (secondary N) is 1. The molecule has 0 saturated carbocycles. The number of hydrogen-bond acceptors (Lipinski definition) is 1. The zero-order valence-electron chi connectivity index (χ0n) is 8.07. The zero-order valence-corrected chi connectivity index (χ0v) is 8.07. The van der Waals surface area contributed by atoms with Gasteiger partial charge in [0.1, 0.15) is 0 Å². The molecule has 0 amide bonds. The second-order valence-corrected chi connectivity index (χ2v) is 2.91. The fourth-order valence-electron chi connectivity index (χ4n) is 1.08. The summed E-state index contributed by atoms with van der Waals surface area (Å²) in [5.74, 6) is 6.75. The van der Waals surface area contributed by atoms with Crippen LogP contribution in [0, 0.1) is 17.8 Å². The van der Waals surface area contributed by atoms with Crippen LogP contribution in [0.1, 0.15) is 33.6 Å². The Bertz CT molecular complexity index is 141. The van der Waals surface area contributed by atoms with Crippen molar-refractivity contribution in [3.8, 4) is 11.8 Å². The molecule has 1 nitrogen and oxygen atoms in total. The molecule has 11 heavy (non-hydrogen) atoms. The van der Waals surface area contributed by atoms with Crippen LogP contribution in [0.2, 0.25) is 0 Å². The Morgan fingerprint density at radius 1 is 1.45 bits per heavy atom. The highest BCUT2D eigenvalue weighted by Crippen LogP contribution is 2.09. The van der Waals surface area contributed by atoms with Crippen molar-refractivity contribution >= 4 is 0 Å². The van der Waals surface area contributed by atoms with E-state index in [1.807, 2.05) is 14.0 Å². The lowest BCUT2D eigenvalue weighted by molar-refractivity contribution is 0.395. The Hall–Kier alpha value is -0.480. The van der Waals surface area contributed by atoms with E-state index in [1.54, 1.807) is 0 Å². The Kier molecular flexibility index (Phi) is 5.97. The van der Waals surface area contributed by atoms with E-state index in [0.717, 1.165) is 12.3 Å². The molecule has 0 aromatic rings. The number of hydrogen-bond donors (Lipinski definition) is 1. The summed E-state index contributed by atoms with van der Waals surface area (Å²) in [6.45, 7) is 6.37. The van der Waals surface area contributed by atoms with Crippen molar-refractivity contribution in [2.45, 2.75) is 39.7 Å².